The Hall–Kier alpha value is -0.440. The van der Waals surface area contributed by atoms with Gasteiger partial charge in [0.25, 0.3) is 0 Å². The van der Waals surface area contributed by atoms with Crippen LogP contribution in [0.15, 0.2) is 0 Å². The molecule has 7 N–H and O–H groups in total. The summed E-state index contributed by atoms with van der Waals surface area (Å²) >= 11 is 0. The minimum atomic E-state index is -1.86. The van der Waals surface area contributed by atoms with Crippen molar-refractivity contribution in [3.05, 3.63) is 0 Å². The predicted molar refractivity (Wildman–Crippen MR) is 82.6 cm³/mol. The first-order valence-corrected chi connectivity index (χ1v) is 8.38. The molecule has 0 saturated carbocycles. The molecule has 26 heavy (non-hydrogen) atoms. The molecule has 0 aromatic rings. The van der Waals surface area contributed by atoms with Crippen LogP contribution in [0.25, 0.3) is 0 Å². The highest BCUT2D eigenvalue weighted by molar-refractivity contribution is 4.94. The van der Waals surface area contributed by atoms with Gasteiger partial charge >= 0.3 is 0 Å². The summed E-state index contributed by atoms with van der Waals surface area (Å²) in [5, 5.41) is 68.4. The van der Waals surface area contributed by atoms with Crippen molar-refractivity contribution in [2.45, 2.75) is 74.8 Å². The van der Waals surface area contributed by atoms with Crippen LogP contribution in [-0.4, -0.2) is 116 Å². The SMILES string of the molecule is CC(O)C(C)O[C@@H]1O[C@H](CO[C@@H]2OC[C@](O)(CO)[C@H]2O)[C@@H](O)[C@H](O)[C@H]1O. The fourth-order valence-corrected chi connectivity index (χ4v) is 2.62. The number of aliphatic hydroxyl groups excluding tert-OH is 6. The molecule has 2 rings (SSSR count). The highest BCUT2D eigenvalue weighted by atomic mass is 16.7. The number of hydrogen-bond donors (Lipinski definition) is 7. The van der Waals surface area contributed by atoms with Crippen molar-refractivity contribution in [3.63, 3.8) is 0 Å². The van der Waals surface area contributed by atoms with Gasteiger partial charge in [-0.15, -0.1) is 0 Å². The van der Waals surface area contributed by atoms with E-state index >= 15 is 0 Å². The Morgan fingerprint density at radius 2 is 1.73 bits per heavy atom. The van der Waals surface area contributed by atoms with Gasteiger partial charge in [-0.1, -0.05) is 0 Å². The Morgan fingerprint density at radius 3 is 2.27 bits per heavy atom. The Morgan fingerprint density at radius 1 is 1.08 bits per heavy atom. The maximum Gasteiger partial charge on any atom is 0.187 e. The van der Waals surface area contributed by atoms with E-state index in [9.17, 15) is 30.6 Å². The summed E-state index contributed by atoms with van der Waals surface area (Å²) in [7, 11) is 0. The van der Waals surface area contributed by atoms with E-state index in [1.807, 2.05) is 0 Å². The highest BCUT2D eigenvalue weighted by Gasteiger charge is 2.50. The summed E-state index contributed by atoms with van der Waals surface area (Å²) in [5.41, 5.74) is -1.86. The van der Waals surface area contributed by atoms with Gasteiger partial charge in [0, 0.05) is 0 Å². The molecule has 2 unspecified atom stereocenters. The zero-order valence-corrected chi connectivity index (χ0v) is 14.6. The van der Waals surface area contributed by atoms with Gasteiger partial charge in [-0.25, -0.2) is 0 Å². The molecule has 2 aliphatic heterocycles. The summed E-state index contributed by atoms with van der Waals surface area (Å²) < 4.78 is 21.1. The van der Waals surface area contributed by atoms with Crippen LogP contribution in [0.4, 0.5) is 0 Å². The number of hydrogen-bond acceptors (Lipinski definition) is 11. The van der Waals surface area contributed by atoms with Crippen molar-refractivity contribution < 1.29 is 54.7 Å². The van der Waals surface area contributed by atoms with E-state index in [1.165, 1.54) is 6.92 Å². The van der Waals surface area contributed by atoms with Crippen LogP contribution in [0.3, 0.4) is 0 Å². The zero-order chi connectivity index (χ0) is 19.6. The molecule has 0 aliphatic carbocycles. The minimum absolute atomic E-state index is 0.345. The fraction of sp³-hybridized carbons (Fsp3) is 1.00. The Bertz CT molecular complexity index is 449. The van der Waals surface area contributed by atoms with Crippen molar-refractivity contribution in [3.8, 4) is 0 Å². The van der Waals surface area contributed by atoms with Crippen molar-refractivity contribution in [1.29, 1.82) is 0 Å². The van der Waals surface area contributed by atoms with Gasteiger partial charge in [0.05, 0.1) is 32.0 Å². The first-order valence-electron chi connectivity index (χ1n) is 8.38. The number of rotatable bonds is 7. The molecule has 2 saturated heterocycles. The van der Waals surface area contributed by atoms with Crippen LogP contribution in [0.5, 0.6) is 0 Å². The highest BCUT2D eigenvalue weighted by Crippen LogP contribution is 2.28. The van der Waals surface area contributed by atoms with E-state index in [0.29, 0.717) is 0 Å². The van der Waals surface area contributed by atoms with Crippen LogP contribution in [0.2, 0.25) is 0 Å². The van der Waals surface area contributed by atoms with E-state index in [-0.39, 0.29) is 13.2 Å². The average molecular weight is 384 g/mol. The van der Waals surface area contributed by atoms with E-state index in [0.717, 1.165) is 0 Å². The molecule has 0 radical (unpaired) electrons. The second-order valence-corrected chi connectivity index (χ2v) is 6.82. The largest absolute Gasteiger partial charge is 0.393 e. The van der Waals surface area contributed by atoms with Gasteiger partial charge in [-0.2, -0.15) is 0 Å². The second-order valence-electron chi connectivity index (χ2n) is 6.82. The van der Waals surface area contributed by atoms with Crippen molar-refractivity contribution in [2.75, 3.05) is 19.8 Å². The third-order valence-electron chi connectivity index (χ3n) is 4.70. The topological polar surface area (TPSA) is 179 Å². The van der Waals surface area contributed by atoms with Gasteiger partial charge in [0.1, 0.15) is 36.1 Å². The third-order valence-corrected chi connectivity index (χ3v) is 4.70. The average Bonchev–Trinajstić information content (AvgIpc) is 2.89. The zero-order valence-electron chi connectivity index (χ0n) is 14.6. The third kappa shape index (κ3) is 4.51. The lowest BCUT2D eigenvalue weighted by Gasteiger charge is -2.41. The fourth-order valence-electron chi connectivity index (χ4n) is 2.62. The summed E-state index contributed by atoms with van der Waals surface area (Å²) in [6, 6.07) is 0. The minimum Gasteiger partial charge on any atom is -0.393 e. The molecular weight excluding hydrogens is 356 g/mol. The molecular formula is C15H28O11. The van der Waals surface area contributed by atoms with Crippen molar-refractivity contribution in [2.24, 2.45) is 0 Å². The van der Waals surface area contributed by atoms with Gasteiger partial charge in [-0.3, -0.25) is 0 Å². The van der Waals surface area contributed by atoms with Gasteiger partial charge in [0.15, 0.2) is 12.6 Å². The lowest BCUT2D eigenvalue weighted by atomic mass is 9.99. The smallest absolute Gasteiger partial charge is 0.187 e. The molecule has 0 aromatic carbocycles. The second kappa shape index (κ2) is 8.71. The molecule has 154 valence electrons. The van der Waals surface area contributed by atoms with Crippen molar-refractivity contribution >= 4 is 0 Å². The van der Waals surface area contributed by atoms with E-state index < -0.39 is 67.5 Å². The first-order chi connectivity index (χ1) is 12.1. The Kier molecular flexibility index (Phi) is 7.32. The quantitative estimate of drug-likeness (QED) is 0.228. The summed E-state index contributed by atoms with van der Waals surface area (Å²) in [5.74, 6) is 0. The summed E-state index contributed by atoms with van der Waals surface area (Å²) in [4.78, 5) is 0. The molecule has 2 aliphatic rings. The lowest BCUT2D eigenvalue weighted by molar-refractivity contribution is -0.321. The molecule has 0 bridgehead atoms. The number of aliphatic hydroxyl groups is 7. The van der Waals surface area contributed by atoms with Crippen LogP contribution in [0.1, 0.15) is 13.8 Å². The Balaban J connectivity index is 1.95. The monoisotopic (exact) mass is 384 g/mol. The maximum atomic E-state index is 10.0. The van der Waals surface area contributed by atoms with Crippen LogP contribution >= 0.6 is 0 Å². The predicted octanol–water partition coefficient (Wildman–Crippen LogP) is -3.96. The molecule has 0 amide bonds. The normalized spacial score (nSPS) is 46.3. The van der Waals surface area contributed by atoms with Gasteiger partial charge in [0.2, 0.25) is 0 Å². The summed E-state index contributed by atoms with van der Waals surface area (Å²) in [6.07, 6.45) is -11.5. The van der Waals surface area contributed by atoms with Crippen molar-refractivity contribution in [1.82, 2.24) is 0 Å². The lowest BCUT2D eigenvalue weighted by Crippen LogP contribution is -2.60. The van der Waals surface area contributed by atoms with Crippen LogP contribution < -0.4 is 0 Å². The van der Waals surface area contributed by atoms with Gasteiger partial charge in [-0.05, 0) is 13.8 Å². The first kappa shape index (κ1) is 21.9. The van der Waals surface area contributed by atoms with E-state index in [1.54, 1.807) is 6.92 Å². The van der Waals surface area contributed by atoms with Crippen LogP contribution in [0, 0.1) is 0 Å². The van der Waals surface area contributed by atoms with Gasteiger partial charge < -0.3 is 54.7 Å². The molecule has 0 aromatic heterocycles. The molecule has 11 nitrogen and oxygen atoms in total. The standard InChI is InChI=1S/C15H28O11/c1-6(17)7(2)25-13-11(20)10(19)9(18)8(26-13)3-23-14-12(21)15(22,4-16)5-24-14/h6-14,16-22H,3-5H2,1-2H3/t6?,7?,8-,9-,10+,11-,12+,13-,14-,15-/m1/s1. The van der Waals surface area contributed by atoms with Crippen LogP contribution in [-0.2, 0) is 18.9 Å². The van der Waals surface area contributed by atoms with E-state index in [4.69, 9.17) is 24.1 Å². The number of ether oxygens (including phenoxy) is 4. The summed E-state index contributed by atoms with van der Waals surface area (Å²) in [6.45, 7) is 1.59. The molecule has 2 heterocycles. The molecule has 0 spiro atoms. The molecule has 10 atom stereocenters. The Labute approximate surface area is 150 Å². The van der Waals surface area contributed by atoms with E-state index in [2.05, 4.69) is 0 Å². The molecule has 2 fully saturated rings. The maximum absolute atomic E-state index is 10.0. The molecule has 11 heteroatoms.